The molecule has 19 heavy (non-hydrogen) atoms. The summed E-state index contributed by atoms with van der Waals surface area (Å²) in [6, 6.07) is 4.17. The molecule has 0 saturated heterocycles. The molecule has 1 aromatic carbocycles. The Balaban J connectivity index is 2.89. The first-order valence-corrected chi connectivity index (χ1v) is 7.11. The number of aliphatic hydroxyl groups is 1. The van der Waals surface area contributed by atoms with Crippen LogP contribution < -0.4 is 10.5 Å². The molecule has 3 heteroatoms. The number of ether oxygens (including phenoxy) is 1. The summed E-state index contributed by atoms with van der Waals surface area (Å²) in [5.41, 5.74) is 9.24. The van der Waals surface area contributed by atoms with E-state index in [-0.39, 0.29) is 0 Å². The average molecular weight is 265 g/mol. The molecule has 0 saturated carbocycles. The van der Waals surface area contributed by atoms with E-state index in [9.17, 15) is 5.11 Å². The first kappa shape index (κ1) is 16.0. The lowest BCUT2D eigenvalue weighted by Gasteiger charge is -2.21. The molecular formula is C16H27NO2. The van der Waals surface area contributed by atoms with Crippen molar-refractivity contribution < 1.29 is 9.84 Å². The van der Waals surface area contributed by atoms with Crippen LogP contribution in [0.3, 0.4) is 0 Å². The van der Waals surface area contributed by atoms with Gasteiger partial charge in [0.2, 0.25) is 0 Å². The van der Waals surface area contributed by atoms with Crippen molar-refractivity contribution in [1.82, 2.24) is 0 Å². The van der Waals surface area contributed by atoms with Crippen molar-refractivity contribution >= 4 is 0 Å². The number of benzene rings is 1. The fourth-order valence-electron chi connectivity index (χ4n) is 2.64. The van der Waals surface area contributed by atoms with Gasteiger partial charge in [0.05, 0.1) is 12.7 Å². The maximum absolute atomic E-state index is 9.69. The van der Waals surface area contributed by atoms with Gasteiger partial charge in [-0.2, -0.15) is 0 Å². The van der Waals surface area contributed by atoms with Crippen molar-refractivity contribution in [3.05, 3.63) is 28.8 Å². The number of hydrogen-bond donors (Lipinski definition) is 2. The van der Waals surface area contributed by atoms with E-state index in [0.717, 1.165) is 18.8 Å². The monoisotopic (exact) mass is 265 g/mol. The van der Waals surface area contributed by atoms with Gasteiger partial charge < -0.3 is 15.6 Å². The van der Waals surface area contributed by atoms with E-state index in [1.165, 1.54) is 16.7 Å². The zero-order valence-electron chi connectivity index (χ0n) is 12.6. The van der Waals surface area contributed by atoms with Gasteiger partial charge in [0, 0.05) is 6.54 Å². The summed E-state index contributed by atoms with van der Waals surface area (Å²) < 4.78 is 5.68. The highest BCUT2D eigenvalue weighted by molar-refractivity contribution is 5.43. The van der Waals surface area contributed by atoms with Crippen molar-refractivity contribution in [3.8, 4) is 5.75 Å². The predicted octanol–water partition coefficient (Wildman–Crippen LogP) is 2.91. The first-order chi connectivity index (χ1) is 8.99. The summed E-state index contributed by atoms with van der Waals surface area (Å²) in [6.45, 7) is 9.52. The Morgan fingerprint density at radius 1 is 1.26 bits per heavy atom. The number of hydrogen-bond acceptors (Lipinski definition) is 3. The van der Waals surface area contributed by atoms with Crippen molar-refractivity contribution in [1.29, 1.82) is 0 Å². The molecular weight excluding hydrogens is 238 g/mol. The molecule has 0 fully saturated rings. The van der Waals surface area contributed by atoms with E-state index < -0.39 is 6.10 Å². The van der Waals surface area contributed by atoms with Crippen LogP contribution in [0.25, 0.3) is 0 Å². The van der Waals surface area contributed by atoms with Gasteiger partial charge in [-0.25, -0.2) is 0 Å². The van der Waals surface area contributed by atoms with Gasteiger partial charge in [-0.05, 0) is 61.4 Å². The third-order valence-electron chi connectivity index (χ3n) is 3.43. The predicted molar refractivity (Wildman–Crippen MR) is 79.8 cm³/mol. The van der Waals surface area contributed by atoms with Gasteiger partial charge in [0.15, 0.2) is 0 Å². The van der Waals surface area contributed by atoms with Crippen LogP contribution in [0.15, 0.2) is 12.1 Å². The minimum Gasteiger partial charge on any atom is -0.494 e. The lowest BCUT2D eigenvalue weighted by molar-refractivity contribution is 0.165. The molecule has 3 N–H and O–H groups in total. The molecule has 0 radical (unpaired) electrons. The highest BCUT2D eigenvalue weighted by Gasteiger charge is 2.16. The Bertz CT molecular complexity index is 381. The van der Waals surface area contributed by atoms with Crippen LogP contribution in [0.1, 0.15) is 49.3 Å². The van der Waals surface area contributed by atoms with Gasteiger partial charge >= 0.3 is 0 Å². The molecule has 108 valence electrons. The zero-order chi connectivity index (χ0) is 14.4. The highest BCUT2D eigenvalue weighted by Crippen LogP contribution is 2.30. The van der Waals surface area contributed by atoms with Crippen LogP contribution in [0, 0.1) is 13.8 Å². The van der Waals surface area contributed by atoms with Crippen LogP contribution in [0.2, 0.25) is 0 Å². The summed E-state index contributed by atoms with van der Waals surface area (Å²) in [5.74, 6) is 1.24. The number of rotatable bonds is 7. The molecule has 0 aliphatic heterocycles. The van der Waals surface area contributed by atoms with Gasteiger partial charge in [0.1, 0.15) is 5.75 Å². The fraction of sp³-hybridized carbons (Fsp3) is 0.625. The molecule has 0 heterocycles. The van der Waals surface area contributed by atoms with E-state index in [1.807, 2.05) is 0 Å². The highest BCUT2D eigenvalue weighted by atomic mass is 16.5. The summed E-state index contributed by atoms with van der Waals surface area (Å²) in [4.78, 5) is 0. The molecule has 3 nitrogen and oxygen atoms in total. The quantitative estimate of drug-likeness (QED) is 0.797. The van der Waals surface area contributed by atoms with Crippen LogP contribution in [0.5, 0.6) is 5.75 Å². The second kappa shape index (κ2) is 7.51. The van der Waals surface area contributed by atoms with Crippen LogP contribution in [-0.4, -0.2) is 24.4 Å². The van der Waals surface area contributed by atoms with Crippen LogP contribution in [0.4, 0.5) is 0 Å². The first-order valence-electron chi connectivity index (χ1n) is 7.11. The van der Waals surface area contributed by atoms with E-state index in [2.05, 4.69) is 39.8 Å². The average Bonchev–Trinajstić information content (AvgIpc) is 2.35. The van der Waals surface area contributed by atoms with Gasteiger partial charge in [-0.3, -0.25) is 0 Å². The summed E-state index contributed by atoms with van der Waals surface area (Å²) in [6.07, 6.45) is 1.29. The Morgan fingerprint density at radius 3 is 2.32 bits per heavy atom. The van der Waals surface area contributed by atoms with E-state index >= 15 is 0 Å². The number of aryl methyl sites for hydroxylation is 2. The smallest absolute Gasteiger partial charge is 0.119 e. The Morgan fingerprint density at radius 2 is 1.84 bits per heavy atom. The Labute approximate surface area is 116 Å². The van der Waals surface area contributed by atoms with Crippen LogP contribution >= 0.6 is 0 Å². The second-order valence-electron chi connectivity index (χ2n) is 5.35. The van der Waals surface area contributed by atoms with Crippen molar-refractivity contribution in [2.45, 2.75) is 52.6 Å². The topological polar surface area (TPSA) is 55.5 Å². The third kappa shape index (κ3) is 4.51. The normalized spacial score (nSPS) is 14.2. The van der Waals surface area contributed by atoms with Crippen molar-refractivity contribution in [2.75, 3.05) is 13.2 Å². The molecule has 0 bridgehead atoms. The summed E-state index contributed by atoms with van der Waals surface area (Å²) in [7, 11) is 0. The molecule has 1 aromatic rings. The maximum Gasteiger partial charge on any atom is 0.119 e. The molecule has 2 unspecified atom stereocenters. The molecule has 0 aliphatic carbocycles. The maximum atomic E-state index is 9.69. The minimum absolute atomic E-state index is 0.304. The van der Waals surface area contributed by atoms with Crippen molar-refractivity contribution in [3.63, 3.8) is 0 Å². The van der Waals surface area contributed by atoms with Gasteiger partial charge in [0.25, 0.3) is 0 Å². The summed E-state index contributed by atoms with van der Waals surface area (Å²) >= 11 is 0. The van der Waals surface area contributed by atoms with E-state index in [4.69, 9.17) is 10.5 Å². The van der Waals surface area contributed by atoms with E-state index in [1.54, 1.807) is 0 Å². The number of nitrogens with two attached hydrogens (primary N) is 1. The van der Waals surface area contributed by atoms with Gasteiger partial charge in [-0.15, -0.1) is 0 Å². The fourth-order valence-corrected chi connectivity index (χ4v) is 2.64. The van der Waals surface area contributed by atoms with Crippen molar-refractivity contribution in [2.24, 2.45) is 5.73 Å². The lowest BCUT2D eigenvalue weighted by atomic mass is 9.88. The molecule has 0 aromatic heterocycles. The Kier molecular flexibility index (Phi) is 6.32. The standard InChI is InChI=1S/C16H27NO2/c1-5-6-19-15-8-12(3)16(13(4)9-15)11(2)7-14(18)10-17/h8-9,11,14,18H,5-7,10,17H2,1-4H3. The van der Waals surface area contributed by atoms with Crippen LogP contribution in [-0.2, 0) is 0 Å². The largest absolute Gasteiger partial charge is 0.494 e. The molecule has 0 aliphatic rings. The number of aliphatic hydroxyl groups excluding tert-OH is 1. The lowest BCUT2D eigenvalue weighted by Crippen LogP contribution is -2.22. The van der Waals surface area contributed by atoms with E-state index in [0.29, 0.717) is 18.9 Å². The second-order valence-corrected chi connectivity index (χ2v) is 5.35. The SMILES string of the molecule is CCCOc1cc(C)c(C(C)CC(O)CN)c(C)c1. The van der Waals surface area contributed by atoms with Gasteiger partial charge in [-0.1, -0.05) is 13.8 Å². The Hall–Kier alpha value is -1.06. The molecule has 1 rings (SSSR count). The molecule has 2 atom stereocenters. The molecule has 0 spiro atoms. The minimum atomic E-state index is -0.426. The summed E-state index contributed by atoms with van der Waals surface area (Å²) in [5, 5.41) is 9.69. The third-order valence-corrected chi connectivity index (χ3v) is 3.43. The zero-order valence-corrected chi connectivity index (χ0v) is 12.6. The molecule has 0 amide bonds.